The average Bonchev–Trinajstić information content (AvgIpc) is 2.17. The highest BCUT2D eigenvalue weighted by atomic mass is 16.8. The Morgan fingerprint density at radius 3 is 2.50 bits per heavy atom. The maximum atomic E-state index is 11.2. The molecule has 5 heteroatoms. The van der Waals surface area contributed by atoms with Crippen molar-refractivity contribution in [1.82, 2.24) is 0 Å². The first-order valence-electron chi connectivity index (χ1n) is 5.26. The quantitative estimate of drug-likeness (QED) is 0.296. The van der Waals surface area contributed by atoms with E-state index >= 15 is 0 Å². The maximum Gasteiger partial charge on any atom is 0.354 e. The van der Waals surface area contributed by atoms with Gasteiger partial charge >= 0.3 is 11.9 Å². The molecule has 0 aromatic heterocycles. The summed E-state index contributed by atoms with van der Waals surface area (Å²) >= 11 is 0. The molecule has 0 rings (SSSR count). The van der Waals surface area contributed by atoms with Crippen molar-refractivity contribution >= 4 is 5.97 Å². The Bertz CT molecular complexity index is 249. The number of carbonyl (C=O) groups is 1. The van der Waals surface area contributed by atoms with E-state index in [1.165, 1.54) is 13.8 Å². The second-order valence-electron chi connectivity index (χ2n) is 3.68. The van der Waals surface area contributed by atoms with Crippen LogP contribution >= 0.6 is 0 Å². The van der Waals surface area contributed by atoms with E-state index in [4.69, 9.17) is 4.74 Å². The SMILES string of the molecule is C=C(C)C(=O)OC(O)(OCCCC)C(C)O. The third-order valence-corrected chi connectivity index (χ3v) is 1.92. The monoisotopic (exact) mass is 232 g/mol. The van der Waals surface area contributed by atoms with Gasteiger partial charge in [-0.3, -0.25) is 0 Å². The zero-order valence-corrected chi connectivity index (χ0v) is 10.0. The molecule has 2 unspecified atom stereocenters. The van der Waals surface area contributed by atoms with Gasteiger partial charge in [0.15, 0.2) is 0 Å². The van der Waals surface area contributed by atoms with E-state index in [1.54, 1.807) is 0 Å². The van der Waals surface area contributed by atoms with Gasteiger partial charge < -0.3 is 19.7 Å². The molecule has 0 radical (unpaired) electrons. The van der Waals surface area contributed by atoms with E-state index in [0.29, 0.717) is 6.42 Å². The summed E-state index contributed by atoms with van der Waals surface area (Å²) in [6.07, 6.45) is 0.219. The molecule has 0 aromatic rings. The summed E-state index contributed by atoms with van der Waals surface area (Å²) in [6, 6.07) is 0. The molecule has 0 aliphatic rings. The molecular weight excluding hydrogens is 212 g/mol. The zero-order chi connectivity index (χ0) is 12.8. The van der Waals surface area contributed by atoms with Crippen molar-refractivity contribution < 1.29 is 24.5 Å². The van der Waals surface area contributed by atoms with E-state index in [1.807, 2.05) is 6.92 Å². The van der Waals surface area contributed by atoms with Crippen molar-refractivity contribution in [3.05, 3.63) is 12.2 Å². The molecule has 0 aromatic carbocycles. The Labute approximate surface area is 95.7 Å². The summed E-state index contributed by atoms with van der Waals surface area (Å²) in [5, 5.41) is 19.1. The third-order valence-electron chi connectivity index (χ3n) is 1.92. The Morgan fingerprint density at radius 2 is 2.12 bits per heavy atom. The summed E-state index contributed by atoms with van der Waals surface area (Å²) in [4.78, 5) is 11.2. The number of unbranched alkanes of at least 4 members (excludes halogenated alkanes) is 1. The predicted molar refractivity (Wildman–Crippen MR) is 58.4 cm³/mol. The van der Waals surface area contributed by atoms with Gasteiger partial charge in [0.25, 0.3) is 0 Å². The topological polar surface area (TPSA) is 76.0 Å². The van der Waals surface area contributed by atoms with E-state index in [2.05, 4.69) is 11.3 Å². The number of esters is 1. The summed E-state index contributed by atoms with van der Waals surface area (Å²) in [6.45, 7) is 8.23. The average molecular weight is 232 g/mol. The Kier molecular flexibility index (Phi) is 6.25. The van der Waals surface area contributed by atoms with Gasteiger partial charge in [0.1, 0.15) is 6.10 Å². The molecule has 0 saturated carbocycles. The summed E-state index contributed by atoms with van der Waals surface area (Å²) in [5.74, 6) is -3.11. The molecule has 0 amide bonds. The van der Waals surface area contributed by atoms with Gasteiger partial charge in [0, 0.05) is 5.57 Å². The lowest BCUT2D eigenvalue weighted by molar-refractivity contribution is -0.374. The van der Waals surface area contributed by atoms with Crippen LogP contribution in [-0.2, 0) is 14.3 Å². The molecule has 0 spiro atoms. The van der Waals surface area contributed by atoms with E-state index in [9.17, 15) is 15.0 Å². The van der Waals surface area contributed by atoms with Crippen LogP contribution in [0.25, 0.3) is 0 Å². The van der Waals surface area contributed by atoms with Crippen LogP contribution in [0.4, 0.5) is 0 Å². The smallest absolute Gasteiger partial charge is 0.354 e. The Hall–Kier alpha value is -0.910. The van der Waals surface area contributed by atoms with Gasteiger partial charge in [-0.05, 0) is 20.3 Å². The molecule has 0 saturated heterocycles. The lowest BCUT2D eigenvalue weighted by Gasteiger charge is -2.29. The number of carbonyl (C=O) groups excluding carboxylic acids is 1. The van der Waals surface area contributed by atoms with Crippen LogP contribution in [0.2, 0.25) is 0 Å². The lowest BCUT2D eigenvalue weighted by Crippen LogP contribution is -2.47. The van der Waals surface area contributed by atoms with Crippen LogP contribution in [0.15, 0.2) is 12.2 Å². The molecule has 0 heterocycles. The molecule has 0 fully saturated rings. The number of hydrogen-bond acceptors (Lipinski definition) is 5. The minimum atomic E-state index is -2.30. The fourth-order valence-corrected chi connectivity index (χ4v) is 0.818. The van der Waals surface area contributed by atoms with Crippen LogP contribution in [0.3, 0.4) is 0 Å². The maximum absolute atomic E-state index is 11.2. The number of rotatable bonds is 7. The van der Waals surface area contributed by atoms with E-state index in [0.717, 1.165) is 6.42 Å². The second-order valence-corrected chi connectivity index (χ2v) is 3.68. The summed E-state index contributed by atoms with van der Waals surface area (Å²) < 4.78 is 9.63. The van der Waals surface area contributed by atoms with Crippen molar-refractivity contribution in [3.63, 3.8) is 0 Å². The zero-order valence-electron chi connectivity index (χ0n) is 10.0. The van der Waals surface area contributed by atoms with Crippen molar-refractivity contribution in [2.24, 2.45) is 0 Å². The van der Waals surface area contributed by atoms with Crippen molar-refractivity contribution in [2.45, 2.75) is 45.7 Å². The molecule has 2 atom stereocenters. The third kappa shape index (κ3) is 4.74. The largest absolute Gasteiger partial charge is 0.402 e. The molecule has 94 valence electrons. The normalized spacial score (nSPS) is 16.3. The molecule has 2 N–H and O–H groups in total. The Morgan fingerprint density at radius 1 is 1.56 bits per heavy atom. The van der Waals surface area contributed by atoms with Crippen LogP contribution in [-0.4, -0.2) is 34.9 Å². The second kappa shape index (κ2) is 6.62. The van der Waals surface area contributed by atoms with Crippen LogP contribution in [0, 0.1) is 0 Å². The van der Waals surface area contributed by atoms with Crippen molar-refractivity contribution in [2.75, 3.05) is 6.61 Å². The summed E-state index contributed by atoms with van der Waals surface area (Å²) in [7, 11) is 0. The fourth-order valence-electron chi connectivity index (χ4n) is 0.818. The van der Waals surface area contributed by atoms with Crippen LogP contribution < -0.4 is 0 Å². The van der Waals surface area contributed by atoms with Crippen LogP contribution in [0.5, 0.6) is 0 Å². The number of hydrogen-bond donors (Lipinski definition) is 2. The minimum Gasteiger partial charge on any atom is -0.402 e. The first-order chi connectivity index (χ1) is 7.33. The van der Waals surface area contributed by atoms with Gasteiger partial charge in [0.2, 0.25) is 0 Å². The van der Waals surface area contributed by atoms with Crippen molar-refractivity contribution in [1.29, 1.82) is 0 Å². The Balaban J connectivity index is 4.44. The highest BCUT2D eigenvalue weighted by molar-refractivity contribution is 5.87. The van der Waals surface area contributed by atoms with E-state index < -0.39 is 18.0 Å². The highest BCUT2D eigenvalue weighted by Crippen LogP contribution is 2.17. The van der Waals surface area contributed by atoms with Crippen molar-refractivity contribution in [3.8, 4) is 0 Å². The van der Waals surface area contributed by atoms with E-state index in [-0.39, 0.29) is 12.2 Å². The van der Waals surface area contributed by atoms with Gasteiger partial charge in [-0.2, -0.15) is 0 Å². The fraction of sp³-hybridized carbons (Fsp3) is 0.727. The van der Waals surface area contributed by atoms with Gasteiger partial charge in [-0.1, -0.05) is 19.9 Å². The molecule has 0 aliphatic heterocycles. The van der Waals surface area contributed by atoms with Gasteiger partial charge in [-0.15, -0.1) is 0 Å². The highest BCUT2D eigenvalue weighted by Gasteiger charge is 2.38. The lowest BCUT2D eigenvalue weighted by atomic mass is 10.3. The van der Waals surface area contributed by atoms with Gasteiger partial charge in [0.05, 0.1) is 6.61 Å². The van der Waals surface area contributed by atoms with Gasteiger partial charge in [-0.25, -0.2) is 4.79 Å². The molecular formula is C11H20O5. The number of aliphatic hydroxyl groups is 2. The number of ether oxygens (including phenoxy) is 2. The first kappa shape index (κ1) is 15.1. The number of aliphatic hydroxyl groups excluding tert-OH is 1. The molecule has 16 heavy (non-hydrogen) atoms. The summed E-state index contributed by atoms with van der Waals surface area (Å²) in [5.41, 5.74) is 0.123. The molecule has 5 nitrogen and oxygen atoms in total. The van der Waals surface area contributed by atoms with Crippen LogP contribution in [0.1, 0.15) is 33.6 Å². The molecule has 0 aliphatic carbocycles. The predicted octanol–water partition coefficient (Wildman–Crippen LogP) is 0.949. The minimum absolute atomic E-state index is 0.123. The first-order valence-corrected chi connectivity index (χ1v) is 5.26. The molecule has 0 bridgehead atoms. The standard InChI is InChI=1S/C11H20O5/c1-5-6-7-15-11(14,9(4)12)16-10(13)8(2)3/h9,12,14H,2,5-7H2,1,3-4H3.